The minimum Gasteiger partial charge on any atom is -0.453 e. The van der Waals surface area contributed by atoms with Gasteiger partial charge in [0.25, 0.3) is 0 Å². The molecule has 6 nitrogen and oxygen atoms in total. The Morgan fingerprint density at radius 3 is 2.44 bits per heavy atom. The van der Waals surface area contributed by atoms with Crippen LogP contribution in [0.25, 0.3) is 0 Å². The summed E-state index contributed by atoms with van der Waals surface area (Å²) < 4.78 is 11.6. The number of carbonyl (C=O) groups is 1. The Bertz CT molecular complexity index is 1020. The number of hydrogen-bond donors (Lipinski definition) is 2. The van der Waals surface area contributed by atoms with Crippen molar-refractivity contribution in [2.45, 2.75) is 39.3 Å². The maximum atomic E-state index is 12.6. The first-order valence-corrected chi connectivity index (χ1v) is 10.1. The van der Waals surface area contributed by atoms with Gasteiger partial charge in [-0.1, -0.05) is 23.8 Å². The van der Waals surface area contributed by atoms with Crippen LogP contribution in [0.1, 0.15) is 48.4 Å². The van der Waals surface area contributed by atoms with Crippen LogP contribution in [-0.4, -0.2) is 28.1 Å². The number of β-amino-alcohol motifs (C(OH)–C–C–N with tert-alkyl or cyclic N) is 1. The number of halogens is 1. The van der Waals surface area contributed by atoms with Gasteiger partial charge in [-0.05, 0) is 69.7 Å². The van der Waals surface area contributed by atoms with E-state index in [1.807, 2.05) is 52.0 Å². The first-order chi connectivity index (χ1) is 14.7. The van der Waals surface area contributed by atoms with E-state index in [-0.39, 0.29) is 23.7 Å². The molecule has 0 bridgehead atoms. The fourth-order valence-corrected chi connectivity index (χ4v) is 2.79. The lowest BCUT2D eigenvalue weighted by Gasteiger charge is -2.23. The van der Waals surface area contributed by atoms with E-state index in [4.69, 9.17) is 9.47 Å². The van der Waals surface area contributed by atoms with Crippen molar-refractivity contribution < 1.29 is 19.4 Å². The van der Waals surface area contributed by atoms with Gasteiger partial charge in [0, 0.05) is 24.5 Å². The number of ether oxygens (including phenoxy) is 2. The van der Waals surface area contributed by atoms with Crippen LogP contribution in [0.2, 0.25) is 0 Å². The minimum atomic E-state index is -0.775. The topological polar surface area (TPSA) is 80.7 Å². The summed E-state index contributed by atoms with van der Waals surface area (Å²) in [4.78, 5) is 16.6. The number of hydrogen-bond acceptors (Lipinski definition) is 6. The highest BCUT2D eigenvalue weighted by molar-refractivity contribution is 5.91. The summed E-state index contributed by atoms with van der Waals surface area (Å²) in [7, 11) is 0. The molecular weight excluding hydrogens is 428 g/mol. The molecule has 1 aromatic heterocycles. The number of aliphatic hydroxyl groups is 1. The lowest BCUT2D eigenvalue weighted by molar-refractivity contribution is 0.0729. The van der Waals surface area contributed by atoms with Crippen molar-refractivity contribution in [3.8, 4) is 17.2 Å². The van der Waals surface area contributed by atoms with Crippen molar-refractivity contribution in [1.82, 2.24) is 10.3 Å². The molecule has 0 aliphatic rings. The van der Waals surface area contributed by atoms with Crippen LogP contribution in [0, 0.1) is 6.92 Å². The van der Waals surface area contributed by atoms with Gasteiger partial charge < -0.3 is 19.9 Å². The lowest BCUT2D eigenvalue weighted by atomic mass is 10.1. The van der Waals surface area contributed by atoms with E-state index in [0.717, 1.165) is 5.56 Å². The molecule has 170 valence electrons. The second kappa shape index (κ2) is 11.1. The Morgan fingerprint density at radius 2 is 1.81 bits per heavy atom. The molecule has 0 aliphatic heterocycles. The number of benzene rings is 2. The molecular formula is C25H29ClN2O4. The molecule has 0 radical (unpaired) electrons. The molecule has 3 rings (SSSR count). The predicted octanol–water partition coefficient (Wildman–Crippen LogP) is 5.24. The number of nitrogens with one attached hydrogen (secondary N) is 1. The quantitative estimate of drug-likeness (QED) is 0.373. The second-order valence-electron chi connectivity index (χ2n) is 8.40. The summed E-state index contributed by atoms with van der Waals surface area (Å²) in [5, 5.41) is 13.9. The molecule has 0 spiro atoms. The van der Waals surface area contributed by atoms with Crippen molar-refractivity contribution in [3.63, 3.8) is 0 Å². The predicted molar refractivity (Wildman–Crippen MR) is 127 cm³/mol. The summed E-state index contributed by atoms with van der Waals surface area (Å²) >= 11 is 0. The molecule has 32 heavy (non-hydrogen) atoms. The first kappa shape index (κ1) is 25.3. The van der Waals surface area contributed by atoms with E-state index >= 15 is 0 Å². The van der Waals surface area contributed by atoms with Crippen molar-refractivity contribution in [1.29, 1.82) is 0 Å². The third kappa shape index (κ3) is 7.34. The van der Waals surface area contributed by atoms with E-state index in [0.29, 0.717) is 29.2 Å². The maximum absolute atomic E-state index is 12.6. The Hall–Kier alpha value is -2.93. The molecule has 0 saturated carbocycles. The number of rotatable bonds is 7. The summed E-state index contributed by atoms with van der Waals surface area (Å²) in [5.41, 5.74) is 1.91. The van der Waals surface area contributed by atoms with Crippen molar-refractivity contribution >= 4 is 18.4 Å². The summed E-state index contributed by atoms with van der Waals surface area (Å²) in [6.07, 6.45) is 2.25. The van der Waals surface area contributed by atoms with Crippen molar-refractivity contribution in [2.75, 3.05) is 6.54 Å². The van der Waals surface area contributed by atoms with Crippen molar-refractivity contribution in [2.24, 2.45) is 0 Å². The van der Waals surface area contributed by atoms with E-state index in [1.165, 1.54) is 6.20 Å². The number of nitrogens with zero attached hydrogens (tertiary/aromatic N) is 1. The van der Waals surface area contributed by atoms with Crippen LogP contribution in [-0.2, 0) is 0 Å². The van der Waals surface area contributed by atoms with Gasteiger partial charge in [-0.25, -0.2) is 4.79 Å². The number of aliphatic hydroxyl groups excluding tert-OH is 1. The van der Waals surface area contributed by atoms with Gasteiger partial charge in [0.2, 0.25) is 0 Å². The van der Waals surface area contributed by atoms with Gasteiger partial charge in [-0.15, -0.1) is 12.4 Å². The molecule has 7 heteroatoms. The lowest BCUT2D eigenvalue weighted by Crippen LogP contribution is -2.38. The van der Waals surface area contributed by atoms with Crippen LogP contribution >= 0.6 is 12.4 Å². The first-order valence-electron chi connectivity index (χ1n) is 10.1. The van der Waals surface area contributed by atoms with Gasteiger partial charge in [0.05, 0.1) is 11.7 Å². The molecule has 1 atom stereocenters. The standard InChI is InChI=1S/C25H28N2O4.ClH/c1-17-7-10-20(11-8-17)30-22-12-9-18(21(28)16-27-25(2,3)4)14-23(22)31-24(29)19-6-5-13-26-15-19;/h5-15,21,27-28H,16H2,1-4H3;1H. The summed E-state index contributed by atoms with van der Waals surface area (Å²) in [6.45, 7) is 8.43. The van der Waals surface area contributed by atoms with Crippen LogP contribution in [0.5, 0.6) is 17.2 Å². The Balaban J connectivity index is 0.00000363. The largest absolute Gasteiger partial charge is 0.453 e. The molecule has 3 aromatic rings. The highest BCUT2D eigenvalue weighted by Gasteiger charge is 2.18. The fraction of sp³-hybridized carbons (Fsp3) is 0.280. The molecule has 2 N–H and O–H groups in total. The highest BCUT2D eigenvalue weighted by atomic mass is 35.5. The number of aromatic nitrogens is 1. The third-order valence-corrected chi connectivity index (χ3v) is 4.53. The number of aryl methyl sites for hydroxylation is 1. The smallest absolute Gasteiger partial charge is 0.345 e. The van der Waals surface area contributed by atoms with Crippen LogP contribution in [0.3, 0.4) is 0 Å². The average Bonchev–Trinajstić information content (AvgIpc) is 2.75. The van der Waals surface area contributed by atoms with Gasteiger partial charge in [0.1, 0.15) is 5.75 Å². The SMILES string of the molecule is Cc1ccc(Oc2ccc(C(O)CNC(C)(C)C)cc2OC(=O)c2cccnc2)cc1.Cl. The zero-order valence-corrected chi connectivity index (χ0v) is 19.5. The fourth-order valence-electron chi connectivity index (χ4n) is 2.79. The van der Waals surface area contributed by atoms with Gasteiger partial charge in [0.15, 0.2) is 11.5 Å². The monoisotopic (exact) mass is 456 g/mol. The van der Waals surface area contributed by atoms with Crippen molar-refractivity contribution in [3.05, 3.63) is 83.7 Å². The van der Waals surface area contributed by atoms with E-state index in [9.17, 15) is 9.90 Å². The Labute approximate surface area is 195 Å². The number of carbonyl (C=O) groups excluding carboxylic acids is 1. The third-order valence-electron chi connectivity index (χ3n) is 4.53. The summed E-state index contributed by atoms with van der Waals surface area (Å²) in [6, 6.07) is 15.9. The second-order valence-corrected chi connectivity index (χ2v) is 8.40. The molecule has 0 saturated heterocycles. The minimum absolute atomic E-state index is 0. The van der Waals surface area contributed by atoms with Crippen LogP contribution < -0.4 is 14.8 Å². The number of esters is 1. The van der Waals surface area contributed by atoms with Gasteiger partial charge in [-0.2, -0.15) is 0 Å². The van der Waals surface area contributed by atoms with Crippen LogP contribution in [0.4, 0.5) is 0 Å². The zero-order chi connectivity index (χ0) is 22.4. The van der Waals surface area contributed by atoms with Crippen LogP contribution in [0.15, 0.2) is 67.0 Å². The normalized spacial score (nSPS) is 11.9. The van der Waals surface area contributed by atoms with Gasteiger partial charge in [-0.3, -0.25) is 4.98 Å². The van der Waals surface area contributed by atoms with E-state index in [1.54, 1.807) is 36.5 Å². The highest BCUT2D eigenvalue weighted by Crippen LogP contribution is 2.35. The molecule has 0 fully saturated rings. The molecule has 0 amide bonds. The molecule has 0 aliphatic carbocycles. The number of pyridine rings is 1. The molecule has 1 heterocycles. The zero-order valence-electron chi connectivity index (χ0n) is 18.7. The van der Waals surface area contributed by atoms with E-state index in [2.05, 4.69) is 10.3 Å². The van der Waals surface area contributed by atoms with E-state index < -0.39 is 12.1 Å². The summed E-state index contributed by atoms with van der Waals surface area (Å²) in [5.74, 6) is 0.663. The Morgan fingerprint density at radius 1 is 1.09 bits per heavy atom. The van der Waals surface area contributed by atoms with Gasteiger partial charge >= 0.3 is 5.97 Å². The average molecular weight is 457 g/mol. The Kier molecular flexibility index (Phi) is 8.78. The molecule has 1 unspecified atom stereocenters. The maximum Gasteiger partial charge on any atom is 0.345 e. The molecule has 2 aromatic carbocycles.